The Morgan fingerprint density at radius 1 is 0.644 bits per heavy atom. The third kappa shape index (κ3) is 15.9. The van der Waals surface area contributed by atoms with Crippen molar-refractivity contribution in [2.45, 2.75) is 68.1 Å². The van der Waals surface area contributed by atoms with Gasteiger partial charge in [-0.25, -0.2) is 19.9 Å². The molecule has 0 spiro atoms. The summed E-state index contributed by atoms with van der Waals surface area (Å²) in [6, 6.07) is 7.05. The number of carbonyl (C=O) groups excluding carboxylic acids is 5. The fraction of sp³-hybridized carbons (Fsp3) is 0.375. The zero-order valence-electron chi connectivity index (χ0n) is 42.7. The molecule has 24 nitrogen and oxygen atoms in total. The lowest BCUT2D eigenvalue weighted by Crippen LogP contribution is -2.34. The van der Waals surface area contributed by atoms with Gasteiger partial charge in [0.1, 0.15) is 17.6 Å². The van der Waals surface area contributed by atoms with Gasteiger partial charge in [-0.3, -0.25) is 33.6 Å². The average Bonchev–Trinajstić information content (AvgIpc) is 3.36. The minimum atomic E-state index is -1.68. The highest BCUT2D eigenvalue weighted by Gasteiger charge is 2.23. The summed E-state index contributed by atoms with van der Waals surface area (Å²) in [6.07, 6.45) is -1.21. The molecule has 0 aliphatic heterocycles. The maximum absolute atomic E-state index is 12.5. The molecule has 6 N–H and O–H groups in total. The second kappa shape index (κ2) is 28.5. The predicted octanol–water partition coefficient (Wildman–Crippen LogP) is 3.78. The highest BCUT2D eigenvalue weighted by Crippen LogP contribution is 2.32. The van der Waals surface area contributed by atoms with Crippen molar-refractivity contribution >= 4 is 73.7 Å². The molecular weight excluding hydrogens is 978 g/mol. The first-order valence-corrected chi connectivity index (χ1v) is 22.0. The number of fused-ring (bicyclic) bond motifs is 3. The van der Waals surface area contributed by atoms with Crippen LogP contribution in [0.25, 0.3) is 33.1 Å². The maximum atomic E-state index is 12.5. The molecule has 0 radical (unpaired) electrons. The lowest BCUT2D eigenvalue weighted by molar-refractivity contribution is -0.140. The van der Waals surface area contributed by atoms with E-state index in [9.17, 15) is 33.6 Å². The first kappa shape index (κ1) is 60.9. The Morgan fingerprint density at radius 2 is 1.04 bits per heavy atom. The second-order valence-electron chi connectivity index (χ2n) is 15.0. The summed E-state index contributed by atoms with van der Waals surface area (Å²) >= 11 is 5.65. The van der Waals surface area contributed by atoms with Crippen LogP contribution in [0.1, 0.15) is 84.7 Å². The molecule has 3 heterocycles. The molecule has 0 aliphatic carbocycles. The quantitative estimate of drug-likeness (QED) is 0.0439. The number of aryl methyl sites for hydroxylation is 3. The van der Waals surface area contributed by atoms with Crippen molar-refractivity contribution in [2.24, 2.45) is 0 Å². The molecule has 0 aliphatic rings. The molecule has 3 aromatic heterocycles. The van der Waals surface area contributed by atoms with E-state index in [0.29, 0.717) is 50.7 Å². The molecule has 3 aromatic carbocycles. The predicted molar refractivity (Wildman–Crippen MR) is 268 cm³/mol. The number of nitrogens with one attached hydrogen (secondary N) is 4. The molecule has 0 atom stereocenters. The number of amides is 2. The fourth-order valence-corrected chi connectivity index (χ4v) is 6.57. The smallest absolute Gasteiger partial charge is 0.325 e. The Labute approximate surface area is 423 Å². The number of aromatic nitrogens is 6. The van der Waals surface area contributed by atoms with Crippen molar-refractivity contribution < 1.29 is 62.6 Å². The Balaban J connectivity index is 0.000000347. The van der Waals surface area contributed by atoms with Gasteiger partial charge < -0.3 is 59.2 Å². The normalized spacial score (nSPS) is 10.1. The van der Waals surface area contributed by atoms with Crippen LogP contribution in [0.3, 0.4) is 0 Å². The molecule has 2 amide bonds. The number of methoxy groups -OCH3 is 6. The number of hydrogen-bond acceptors (Lipinski definition) is 20. The number of halogens is 1. The van der Waals surface area contributed by atoms with Gasteiger partial charge in [0.05, 0.1) is 94.0 Å². The maximum Gasteiger partial charge on any atom is 0.325 e. The highest BCUT2D eigenvalue weighted by atomic mass is 35.5. The number of aromatic amines is 2. The van der Waals surface area contributed by atoms with Crippen LogP contribution in [0.5, 0.6) is 23.5 Å². The summed E-state index contributed by atoms with van der Waals surface area (Å²) in [4.78, 5) is 102. The minimum absolute atomic E-state index is 0.157. The van der Waals surface area contributed by atoms with Gasteiger partial charge >= 0.3 is 23.1 Å². The highest BCUT2D eigenvalue weighted by molar-refractivity contribution is 6.68. The van der Waals surface area contributed by atoms with E-state index in [0.717, 1.165) is 27.8 Å². The Morgan fingerprint density at radius 3 is 1.45 bits per heavy atom. The third-order valence-electron chi connectivity index (χ3n) is 10.4. The van der Waals surface area contributed by atoms with Gasteiger partial charge in [0.2, 0.25) is 0 Å². The number of ether oxygens (including phenoxy) is 6. The molecule has 392 valence electrons. The van der Waals surface area contributed by atoms with Crippen LogP contribution in [0.4, 0.5) is 0 Å². The summed E-state index contributed by atoms with van der Waals surface area (Å²) in [7, 11) is 8.48. The molecule has 6 aromatic rings. The van der Waals surface area contributed by atoms with E-state index in [2.05, 4.69) is 50.0 Å². The lowest BCUT2D eigenvalue weighted by Gasteiger charge is -2.14. The Hall–Kier alpha value is -8.27. The van der Waals surface area contributed by atoms with Crippen LogP contribution in [-0.2, 0) is 19.1 Å². The zero-order valence-corrected chi connectivity index (χ0v) is 43.5. The number of carbonyl (C=O) groups is 5. The summed E-state index contributed by atoms with van der Waals surface area (Å²) in [5, 5.41) is 29.2. The standard InChI is InChI=1S/C16H19N3O5.C13H13ClN2O3.C13H15N3O5.C4H8O2.C2H3N/c1-8-6-10-13(19-16(24-5)15(18-10)23-4)12(9(8)2)14(21)17-7-11(20)22-3;1-6-5-8-10(9(7(6)2)11(14)17)16-13(19-4)12(15-8)18-3;1-5-3-7-10(16-13(21)12(20)15-7)9(6(5)2)11(19)14-4-8(17)18;1-3-4(5)6-2;1-2-3/h6H,7H2,1-5H3,(H,17,21);5H,1-4H3;3,8,17-18H,4H2,1-2H3,(H,14,19)(H,15,20)(H,16,21);3H2,1-2H3;1H3. The number of aliphatic hydroxyl groups is 2. The van der Waals surface area contributed by atoms with Gasteiger partial charge in [0.25, 0.3) is 40.6 Å². The van der Waals surface area contributed by atoms with Gasteiger partial charge in [-0.15, -0.1) is 0 Å². The van der Waals surface area contributed by atoms with Gasteiger partial charge in [-0.1, -0.05) is 6.92 Å². The monoisotopic (exact) mass is 1040 g/mol. The van der Waals surface area contributed by atoms with Crippen LogP contribution >= 0.6 is 11.6 Å². The van der Waals surface area contributed by atoms with Gasteiger partial charge in [0.15, 0.2) is 6.29 Å². The number of hydrogen-bond donors (Lipinski definition) is 6. The molecule has 0 fully saturated rings. The molecule has 0 bridgehead atoms. The molecule has 0 saturated carbocycles. The van der Waals surface area contributed by atoms with Crippen molar-refractivity contribution in [3.8, 4) is 29.6 Å². The number of aliphatic hydroxyl groups excluding tert-OH is 1. The largest absolute Gasteiger partial charge is 0.477 e. The Kier molecular flexibility index (Phi) is 23.8. The zero-order chi connectivity index (χ0) is 55.4. The number of nitrogens with zero attached hydrogens (tertiary/aromatic N) is 5. The van der Waals surface area contributed by atoms with Crippen molar-refractivity contribution in [2.75, 3.05) is 55.7 Å². The van der Waals surface area contributed by atoms with E-state index < -0.39 is 40.4 Å². The van der Waals surface area contributed by atoms with Crippen LogP contribution in [0.2, 0.25) is 0 Å². The van der Waals surface area contributed by atoms with Crippen molar-refractivity contribution in [3.05, 3.63) is 89.0 Å². The SMILES string of the molecule is CC#N.CCC(=O)OC.COC(=O)CNC(=O)c1c(C)c(C)cc2nc(OC)c(OC)nc12.COc1nc2cc(C)c(C)c(C(=O)Cl)c2nc1OC.Cc1cc2[nH]c(=O)c(=O)[nH]c2c(C(=O)NCC(O)O)c1C. The van der Waals surface area contributed by atoms with Gasteiger partial charge in [-0.05, 0) is 105 Å². The van der Waals surface area contributed by atoms with E-state index in [-0.39, 0.29) is 53.7 Å². The van der Waals surface area contributed by atoms with Crippen molar-refractivity contribution in [1.82, 2.24) is 40.5 Å². The molecule has 0 saturated heterocycles. The number of nitriles is 1. The van der Waals surface area contributed by atoms with E-state index in [1.54, 1.807) is 39.8 Å². The van der Waals surface area contributed by atoms with Crippen LogP contribution < -0.4 is 40.7 Å². The van der Waals surface area contributed by atoms with Crippen LogP contribution in [-0.4, -0.2) is 131 Å². The average molecular weight is 1040 g/mol. The van der Waals surface area contributed by atoms with Crippen LogP contribution in [0.15, 0.2) is 27.8 Å². The number of esters is 2. The van der Waals surface area contributed by atoms with E-state index in [4.69, 9.17) is 46.0 Å². The summed E-state index contributed by atoms with van der Waals surface area (Å²) in [5.74, 6) is -0.809. The topological polar surface area (TPSA) is 346 Å². The molecule has 0 unspecified atom stereocenters. The second-order valence-corrected chi connectivity index (χ2v) is 15.4. The van der Waals surface area contributed by atoms with E-state index >= 15 is 0 Å². The Bertz CT molecular complexity index is 3160. The molecular formula is C48H58ClN9O15. The number of benzene rings is 3. The third-order valence-corrected chi connectivity index (χ3v) is 10.6. The molecule has 73 heavy (non-hydrogen) atoms. The summed E-state index contributed by atoms with van der Waals surface area (Å²) < 4.78 is 29.3. The van der Waals surface area contributed by atoms with E-state index in [1.807, 2.05) is 32.9 Å². The summed E-state index contributed by atoms with van der Waals surface area (Å²) in [6.45, 7) is 13.4. The van der Waals surface area contributed by atoms with Crippen molar-refractivity contribution in [1.29, 1.82) is 5.26 Å². The lowest BCUT2D eigenvalue weighted by atomic mass is 10.0. The van der Waals surface area contributed by atoms with Gasteiger partial charge in [0, 0.05) is 13.3 Å². The van der Waals surface area contributed by atoms with E-state index in [1.165, 1.54) is 49.6 Å². The van der Waals surface area contributed by atoms with Crippen LogP contribution in [0, 0.1) is 52.9 Å². The fourth-order valence-electron chi connectivity index (χ4n) is 6.34. The van der Waals surface area contributed by atoms with Crippen molar-refractivity contribution in [3.63, 3.8) is 0 Å². The first-order valence-electron chi connectivity index (χ1n) is 21.6. The molecule has 25 heteroatoms. The summed E-state index contributed by atoms with van der Waals surface area (Å²) in [5.41, 5.74) is 6.25. The molecule has 6 rings (SSSR count). The minimum Gasteiger partial charge on any atom is -0.477 e. The number of H-pyrrole nitrogens is 2. The number of rotatable bonds is 12. The first-order chi connectivity index (χ1) is 34.4. The van der Waals surface area contributed by atoms with Gasteiger partial charge in [-0.2, -0.15) is 5.26 Å².